The second kappa shape index (κ2) is 7.73. The molecular weight excluding hydrogens is 304 g/mol. The predicted molar refractivity (Wildman–Crippen MR) is 68.5 cm³/mol. The molecule has 0 amide bonds. The van der Waals surface area contributed by atoms with Crippen LogP contribution in [0.4, 0.5) is 0 Å². The molecular formula is C12H22O10. The molecule has 0 spiro atoms. The van der Waals surface area contributed by atoms with E-state index in [1.165, 1.54) is 6.92 Å². The molecule has 0 saturated carbocycles. The molecule has 8 N–H and O–H groups in total. The SMILES string of the molecule is [2H]C1(C(=O)[C@H](O)[C@@H](O)[C@@H](O)[C@H](O)CO)O[C@@H](C)[C@@H](O)[C@@H](O)[C@@H]1O. The average Bonchev–Trinajstić information content (AvgIpc) is 2.54. The van der Waals surface area contributed by atoms with Crippen LogP contribution >= 0.6 is 0 Å². The van der Waals surface area contributed by atoms with Crippen LogP contribution in [0.5, 0.6) is 0 Å². The third kappa shape index (κ3) is 3.79. The number of hydrogen-bond donors (Lipinski definition) is 8. The summed E-state index contributed by atoms with van der Waals surface area (Å²) in [5, 5.41) is 75.7. The monoisotopic (exact) mass is 327 g/mol. The van der Waals surface area contributed by atoms with E-state index in [1.807, 2.05) is 0 Å². The molecule has 1 unspecified atom stereocenters. The standard InChI is InChI=1S/C12H22O10/c1-3-5(15)7(17)10(20)12(22-3)11(21)9(19)8(18)6(16)4(14)2-13/h3-10,12-20H,2H2,1H3/t3-,4+,5+,6-,7+,8-,9+,10-,12?/m0/s1/i12D. The summed E-state index contributed by atoms with van der Waals surface area (Å²) in [5.74, 6) is -1.60. The van der Waals surface area contributed by atoms with Gasteiger partial charge in [-0.15, -0.1) is 0 Å². The minimum Gasteiger partial charge on any atom is -0.394 e. The van der Waals surface area contributed by atoms with Crippen LogP contribution in [0.25, 0.3) is 0 Å². The second-order valence-electron chi connectivity index (χ2n) is 5.15. The van der Waals surface area contributed by atoms with Crippen LogP contribution in [0.3, 0.4) is 0 Å². The third-order valence-corrected chi connectivity index (χ3v) is 3.50. The highest BCUT2D eigenvalue weighted by molar-refractivity contribution is 5.88. The number of carbonyl (C=O) groups is 1. The first-order chi connectivity index (χ1) is 10.5. The number of aliphatic hydroxyl groups is 8. The summed E-state index contributed by atoms with van der Waals surface area (Å²) in [4.78, 5) is 12.2. The Balaban J connectivity index is 2.97. The Kier molecular flexibility index (Phi) is 6.20. The van der Waals surface area contributed by atoms with Crippen LogP contribution in [-0.4, -0.2) is 108 Å². The lowest BCUT2D eigenvalue weighted by molar-refractivity contribution is -0.221. The maximum absolute atomic E-state index is 12.2. The zero-order valence-corrected chi connectivity index (χ0v) is 11.7. The molecule has 1 aliphatic rings. The summed E-state index contributed by atoms with van der Waals surface area (Å²) in [6.45, 7) is 0.246. The largest absolute Gasteiger partial charge is 0.394 e. The lowest BCUT2D eigenvalue weighted by Gasteiger charge is -2.39. The highest BCUT2D eigenvalue weighted by Gasteiger charge is 2.48. The van der Waals surface area contributed by atoms with Crippen molar-refractivity contribution in [3.8, 4) is 0 Å². The number of carbonyl (C=O) groups excluding carboxylic acids is 1. The fourth-order valence-corrected chi connectivity index (χ4v) is 1.99. The first-order valence-electron chi connectivity index (χ1n) is 7.08. The van der Waals surface area contributed by atoms with Crippen molar-refractivity contribution in [2.45, 2.75) is 61.8 Å². The third-order valence-electron chi connectivity index (χ3n) is 3.50. The van der Waals surface area contributed by atoms with Crippen molar-refractivity contribution in [1.29, 1.82) is 0 Å². The summed E-state index contributed by atoms with van der Waals surface area (Å²) in [7, 11) is 0. The molecule has 10 heteroatoms. The normalized spacial score (nSPS) is 42.1. The average molecular weight is 327 g/mol. The molecule has 0 bridgehead atoms. The van der Waals surface area contributed by atoms with Gasteiger partial charge in [-0.05, 0) is 6.92 Å². The van der Waals surface area contributed by atoms with E-state index in [0.29, 0.717) is 0 Å². The van der Waals surface area contributed by atoms with Crippen molar-refractivity contribution >= 4 is 5.78 Å². The Morgan fingerprint density at radius 3 is 2.14 bits per heavy atom. The molecule has 0 aromatic heterocycles. The maximum atomic E-state index is 12.2. The van der Waals surface area contributed by atoms with Crippen LogP contribution in [0.15, 0.2) is 0 Å². The van der Waals surface area contributed by atoms with Gasteiger partial charge in [0.05, 0.1) is 14.1 Å². The van der Waals surface area contributed by atoms with Gasteiger partial charge in [0.1, 0.15) is 48.8 Å². The molecule has 1 saturated heterocycles. The molecule has 0 aliphatic carbocycles. The first-order valence-corrected chi connectivity index (χ1v) is 6.58. The number of ether oxygens (including phenoxy) is 1. The summed E-state index contributed by atoms with van der Waals surface area (Å²) in [6, 6.07) is 0. The Hall–Kier alpha value is -0.690. The highest BCUT2D eigenvalue weighted by Crippen LogP contribution is 2.23. The van der Waals surface area contributed by atoms with Crippen molar-refractivity contribution in [2.75, 3.05) is 6.61 Å². The second-order valence-corrected chi connectivity index (χ2v) is 5.15. The van der Waals surface area contributed by atoms with E-state index >= 15 is 0 Å². The lowest BCUT2D eigenvalue weighted by atomic mass is 9.89. The van der Waals surface area contributed by atoms with E-state index < -0.39 is 67.3 Å². The van der Waals surface area contributed by atoms with E-state index in [0.717, 1.165) is 0 Å². The zero-order chi connectivity index (χ0) is 18.1. The summed E-state index contributed by atoms with van der Waals surface area (Å²) in [6.07, 6.45) is -18.6. The van der Waals surface area contributed by atoms with Gasteiger partial charge < -0.3 is 45.6 Å². The quantitative estimate of drug-likeness (QED) is 0.234. The van der Waals surface area contributed by atoms with Crippen LogP contribution in [0.2, 0.25) is 0 Å². The number of Topliss-reactive ketones (excluding diaryl/α,β-unsaturated/α-hetero) is 1. The van der Waals surface area contributed by atoms with E-state index in [-0.39, 0.29) is 0 Å². The molecule has 1 fully saturated rings. The number of rotatable bonds is 6. The van der Waals surface area contributed by atoms with Gasteiger partial charge >= 0.3 is 0 Å². The van der Waals surface area contributed by atoms with E-state index in [4.69, 9.17) is 11.2 Å². The van der Waals surface area contributed by atoms with Gasteiger partial charge in [0.2, 0.25) is 0 Å². The lowest BCUT2D eigenvalue weighted by Crippen LogP contribution is -2.62. The molecule has 9 atom stereocenters. The summed E-state index contributed by atoms with van der Waals surface area (Å²) >= 11 is 0. The van der Waals surface area contributed by atoms with Crippen molar-refractivity contribution in [3.63, 3.8) is 0 Å². The number of ketones is 1. The molecule has 130 valence electrons. The van der Waals surface area contributed by atoms with Gasteiger partial charge in [-0.25, -0.2) is 0 Å². The van der Waals surface area contributed by atoms with Crippen molar-refractivity contribution < 1.29 is 51.8 Å². The molecule has 0 aromatic carbocycles. The van der Waals surface area contributed by atoms with Crippen LogP contribution in [0.1, 0.15) is 8.29 Å². The Morgan fingerprint density at radius 1 is 1.09 bits per heavy atom. The van der Waals surface area contributed by atoms with Gasteiger partial charge in [-0.2, -0.15) is 0 Å². The van der Waals surface area contributed by atoms with Crippen molar-refractivity contribution in [3.05, 3.63) is 0 Å². The van der Waals surface area contributed by atoms with Gasteiger partial charge in [0.25, 0.3) is 0 Å². The first kappa shape index (κ1) is 17.7. The predicted octanol–water partition coefficient (Wildman–Crippen LogP) is -5.14. The Bertz CT molecular complexity index is 423. The van der Waals surface area contributed by atoms with Crippen molar-refractivity contribution in [2.24, 2.45) is 0 Å². The molecule has 1 aliphatic heterocycles. The summed E-state index contributed by atoms with van der Waals surface area (Å²) in [5.41, 5.74) is 0. The van der Waals surface area contributed by atoms with Gasteiger partial charge in [0, 0.05) is 0 Å². The Morgan fingerprint density at radius 2 is 1.64 bits per heavy atom. The van der Waals surface area contributed by atoms with Crippen molar-refractivity contribution in [1.82, 2.24) is 0 Å². The molecule has 0 aromatic rings. The van der Waals surface area contributed by atoms with Gasteiger partial charge in [0.15, 0.2) is 5.78 Å². The molecule has 1 rings (SSSR count). The number of hydrogen-bond acceptors (Lipinski definition) is 10. The minimum absolute atomic E-state index is 0.966. The van der Waals surface area contributed by atoms with Gasteiger partial charge in [-0.1, -0.05) is 0 Å². The molecule has 0 radical (unpaired) electrons. The fraction of sp³-hybridized carbons (Fsp3) is 0.917. The Labute approximate surface area is 127 Å². The van der Waals surface area contributed by atoms with Gasteiger partial charge in [-0.3, -0.25) is 4.79 Å². The number of aliphatic hydroxyl groups excluding tert-OH is 8. The molecule has 1 heterocycles. The molecule has 10 nitrogen and oxygen atoms in total. The van der Waals surface area contributed by atoms with E-state index in [9.17, 15) is 40.5 Å². The van der Waals surface area contributed by atoms with Crippen LogP contribution in [-0.2, 0) is 9.53 Å². The van der Waals surface area contributed by atoms with Crippen LogP contribution < -0.4 is 0 Å². The molecule has 22 heavy (non-hydrogen) atoms. The minimum atomic E-state index is -2.91. The maximum Gasteiger partial charge on any atom is 0.195 e. The summed E-state index contributed by atoms with van der Waals surface area (Å²) < 4.78 is 12.7. The highest BCUT2D eigenvalue weighted by atomic mass is 16.5. The van der Waals surface area contributed by atoms with E-state index in [2.05, 4.69) is 0 Å². The fourth-order valence-electron chi connectivity index (χ4n) is 1.99. The van der Waals surface area contributed by atoms with Crippen LogP contribution in [0, 0.1) is 0 Å². The van der Waals surface area contributed by atoms with E-state index in [1.54, 1.807) is 0 Å². The topological polar surface area (TPSA) is 188 Å². The zero-order valence-electron chi connectivity index (χ0n) is 12.7. The smallest absolute Gasteiger partial charge is 0.195 e.